The van der Waals surface area contributed by atoms with Crippen LogP contribution in [0.15, 0.2) is 60.7 Å². The van der Waals surface area contributed by atoms with Crippen molar-refractivity contribution in [1.82, 2.24) is 5.06 Å². The Balaban J connectivity index is 1.89. The standard InChI is InChI=1S/C30H39NO5/c1-8-12-27(35-20-22-17-18-26(33-6)28(19-22)34-7)29(32)31(36-30(3,4)5)21(2)24-16-11-14-23-13-9-10-15-25(23)24/h9-11,13-19,21,27H,8,12,20H2,1-7H3/t21-,27-/m0/s1. The lowest BCUT2D eigenvalue weighted by Crippen LogP contribution is -2.45. The highest BCUT2D eigenvalue weighted by Crippen LogP contribution is 2.32. The molecule has 6 heteroatoms. The fourth-order valence-electron chi connectivity index (χ4n) is 4.20. The van der Waals surface area contributed by atoms with Crippen LogP contribution in [0.25, 0.3) is 10.8 Å². The highest BCUT2D eigenvalue weighted by atomic mass is 16.7. The number of hydrogen-bond acceptors (Lipinski definition) is 5. The molecule has 0 bridgehead atoms. The third-order valence-corrected chi connectivity index (χ3v) is 5.94. The van der Waals surface area contributed by atoms with Crippen molar-refractivity contribution in [2.45, 2.75) is 71.8 Å². The zero-order valence-electron chi connectivity index (χ0n) is 22.5. The Morgan fingerprint density at radius 2 is 1.64 bits per heavy atom. The predicted molar refractivity (Wildman–Crippen MR) is 143 cm³/mol. The Morgan fingerprint density at radius 3 is 2.31 bits per heavy atom. The molecule has 0 aliphatic heterocycles. The van der Waals surface area contributed by atoms with Crippen LogP contribution in [0.5, 0.6) is 11.5 Å². The van der Waals surface area contributed by atoms with Crippen LogP contribution in [-0.2, 0) is 21.0 Å². The normalized spacial score (nSPS) is 13.3. The van der Waals surface area contributed by atoms with Gasteiger partial charge in [-0.05, 0) is 68.1 Å². The second kappa shape index (κ2) is 12.2. The van der Waals surface area contributed by atoms with E-state index in [0.717, 1.165) is 28.3 Å². The summed E-state index contributed by atoms with van der Waals surface area (Å²) in [5.74, 6) is 1.09. The van der Waals surface area contributed by atoms with Crippen LogP contribution in [0.1, 0.15) is 64.6 Å². The summed E-state index contributed by atoms with van der Waals surface area (Å²) in [4.78, 5) is 20.2. The topological polar surface area (TPSA) is 57.2 Å². The summed E-state index contributed by atoms with van der Waals surface area (Å²) in [6, 6.07) is 19.7. The van der Waals surface area contributed by atoms with Gasteiger partial charge in [-0.3, -0.25) is 9.63 Å². The van der Waals surface area contributed by atoms with Crippen molar-refractivity contribution in [2.75, 3.05) is 14.2 Å². The molecule has 3 aromatic rings. The average Bonchev–Trinajstić information content (AvgIpc) is 2.87. The van der Waals surface area contributed by atoms with E-state index in [0.29, 0.717) is 17.9 Å². The Labute approximate surface area is 215 Å². The fraction of sp³-hybridized carbons (Fsp3) is 0.433. The number of carbonyl (C=O) groups is 1. The minimum Gasteiger partial charge on any atom is -0.493 e. The molecule has 0 saturated carbocycles. The van der Waals surface area contributed by atoms with E-state index in [1.165, 1.54) is 5.06 Å². The third kappa shape index (κ3) is 6.77. The van der Waals surface area contributed by atoms with Gasteiger partial charge in [0, 0.05) is 0 Å². The van der Waals surface area contributed by atoms with Crippen LogP contribution in [0.3, 0.4) is 0 Å². The third-order valence-electron chi connectivity index (χ3n) is 5.94. The molecule has 1 amide bonds. The van der Waals surface area contributed by atoms with E-state index in [4.69, 9.17) is 19.0 Å². The van der Waals surface area contributed by atoms with E-state index in [-0.39, 0.29) is 18.6 Å². The monoisotopic (exact) mass is 493 g/mol. The molecule has 0 aliphatic rings. The van der Waals surface area contributed by atoms with Crippen molar-refractivity contribution < 1.29 is 23.8 Å². The molecule has 0 N–H and O–H groups in total. The Hall–Kier alpha value is -3.09. The first-order valence-electron chi connectivity index (χ1n) is 12.5. The van der Waals surface area contributed by atoms with Crippen molar-refractivity contribution >= 4 is 16.7 Å². The molecule has 3 rings (SSSR count). The molecule has 3 aromatic carbocycles. The lowest BCUT2D eigenvalue weighted by Gasteiger charge is -2.36. The molecule has 36 heavy (non-hydrogen) atoms. The molecule has 0 heterocycles. The SMILES string of the molecule is CCC[C@H](OCc1ccc(OC)c(OC)c1)C(=O)N(OC(C)(C)C)[C@@H](C)c1cccc2ccccc12. The Bertz CT molecular complexity index is 1150. The van der Waals surface area contributed by atoms with Crippen LogP contribution in [-0.4, -0.2) is 36.9 Å². The van der Waals surface area contributed by atoms with Crippen molar-refractivity contribution in [3.63, 3.8) is 0 Å². The molecule has 0 radical (unpaired) electrons. The van der Waals surface area contributed by atoms with Crippen LogP contribution in [0.4, 0.5) is 0 Å². The number of methoxy groups -OCH3 is 2. The molecule has 0 unspecified atom stereocenters. The van der Waals surface area contributed by atoms with Gasteiger partial charge < -0.3 is 14.2 Å². The number of ether oxygens (including phenoxy) is 3. The molecule has 0 fully saturated rings. The minimum atomic E-state index is -0.650. The first kappa shape index (κ1) is 27.5. The van der Waals surface area contributed by atoms with Crippen molar-refractivity contribution in [3.8, 4) is 11.5 Å². The van der Waals surface area contributed by atoms with E-state index >= 15 is 0 Å². The summed E-state index contributed by atoms with van der Waals surface area (Å²) in [5.41, 5.74) is 1.36. The van der Waals surface area contributed by atoms with Gasteiger partial charge in [0.05, 0.1) is 32.5 Å². The summed E-state index contributed by atoms with van der Waals surface area (Å²) in [5, 5.41) is 3.73. The second-order valence-corrected chi connectivity index (χ2v) is 9.89. The van der Waals surface area contributed by atoms with E-state index in [1.54, 1.807) is 14.2 Å². The smallest absolute Gasteiger partial charge is 0.275 e. The molecule has 0 saturated heterocycles. The fourth-order valence-corrected chi connectivity index (χ4v) is 4.20. The summed E-state index contributed by atoms with van der Waals surface area (Å²) in [6.07, 6.45) is 0.732. The number of fused-ring (bicyclic) bond motifs is 1. The van der Waals surface area contributed by atoms with Gasteiger partial charge in [-0.2, -0.15) is 0 Å². The largest absolute Gasteiger partial charge is 0.493 e. The van der Waals surface area contributed by atoms with Gasteiger partial charge in [-0.1, -0.05) is 61.9 Å². The van der Waals surface area contributed by atoms with E-state index < -0.39 is 11.7 Å². The highest BCUT2D eigenvalue weighted by Gasteiger charge is 2.33. The maximum atomic E-state index is 13.9. The van der Waals surface area contributed by atoms with Crippen LogP contribution in [0.2, 0.25) is 0 Å². The second-order valence-electron chi connectivity index (χ2n) is 9.89. The lowest BCUT2D eigenvalue weighted by molar-refractivity contribution is -0.249. The molecular formula is C30H39NO5. The summed E-state index contributed by atoms with van der Waals surface area (Å²) >= 11 is 0. The van der Waals surface area contributed by atoms with Crippen molar-refractivity contribution in [1.29, 1.82) is 0 Å². The molecule has 2 atom stereocenters. The number of hydrogen-bond donors (Lipinski definition) is 0. The summed E-state index contributed by atoms with van der Waals surface area (Å²) in [6.45, 7) is 10.2. The number of nitrogens with zero attached hydrogens (tertiary/aromatic N) is 1. The maximum absolute atomic E-state index is 13.9. The van der Waals surface area contributed by atoms with E-state index in [1.807, 2.05) is 71.0 Å². The number of benzene rings is 3. The number of amides is 1. The van der Waals surface area contributed by atoms with Gasteiger partial charge in [-0.25, -0.2) is 5.06 Å². The van der Waals surface area contributed by atoms with Gasteiger partial charge in [0.25, 0.3) is 5.91 Å². The average molecular weight is 494 g/mol. The molecule has 194 valence electrons. The maximum Gasteiger partial charge on any atom is 0.275 e. The first-order chi connectivity index (χ1) is 17.2. The van der Waals surface area contributed by atoms with Crippen LogP contribution in [0, 0.1) is 0 Å². The molecule has 0 aromatic heterocycles. The lowest BCUT2D eigenvalue weighted by atomic mass is 9.99. The number of carbonyl (C=O) groups excluding carboxylic acids is 1. The van der Waals surface area contributed by atoms with Gasteiger partial charge in [-0.15, -0.1) is 0 Å². The van der Waals surface area contributed by atoms with Gasteiger partial charge in [0.2, 0.25) is 0 Å². The van der Waals surface area contributed by atoms with E-state index in [2.05, 4.69) is 24.3 Å². The van der Waals surface area contributed by atoms with Crippen molar-refractivity contribution in [2.24, 2.45) is 0 Å². The molecule has 0 aliphatic carbocycles. The first-order valence-corrected chi connectivity index (χ1v) is 12.5. The number of hydroxylamine groups is 2. The van der Waals surface area contributed by atoms with Crippen molar-refractivity contribution in [3.05, 3.63) is 71.8 Å². The quantitative estimate of drug-likeness (QED) is 0.273. The predicted octanol–water partition coefficient (Wildman–Crippen LogP) is 6.86. The zero-order valence-corrected chi connectivity index (χ0v) is 22.5. The van der Waals surface area contributed by atoms with Gasteiger partial charge in [0.15, 0.2) is 11.5 Å². The zero-order chi connectivity index (χ0) is 26.3. The number of rotatable bonds is 11. The summed E-state index contributed by atoms with van der Waals surface area (Å²) < 4.78 is 16.9. The van der Waals surface area contributed by atoms with Gasteiger partial charge >= 0.3 is 0 Å². The van der Waals surface area contributed by atoms with Crippen LogP contribution >= 0.6 is 0 Å². The van der Waals surface area contributed by atoms with Crippen LogP contribution < -0.4 is 9.47 Å². The summed E-state index contributed by atoms with van der Waals surface area (Å²) in [7, 11) is 3.20. The minimum absolute atomic E-state index is 0.187. The van der Waals surface area contributed by atoms with Gasteiger partial charge in [0.1, 0.15) is 6.10 Å². The Kier molecular flexibility index (Phi) is 9.35. The van der Waals surface area contributed by atoms with E-state index in [9.17, 15) is 4.79 Å². The Morgan fingerprint density at radius 1 is 0.944 bits per heavy atom. The molecule has 6 nitrogen and oxygen atoms in total. The molecular weight excluding hydrogens is 454 g/mol. The highest BCUT2D eigenvalue weighted by molar-refractivity contribution is 5.87. The molecule has 0 spiro atoms.